The summed E-state index contributed by atoms with van der Waals surface area (Å²) in [6.45, 7) is 1.59. The van der Waals surface area contributed by atoms with Crippen LogP contribution < -0.4 is 5.32 Å². The van der Waals surface area contributed by atoms with Crippen molar-refractivity contribution in [3.63, 3.8) is 0 Å². The van der Waals surface area contributed by atoms with E-state index in [1.165, 1.54) is 7.11 Å². The van der Waals surface area contributed by atoms with Gasteiger partial charge in [0, 0.05) is 16.6 Å². The lowest BCUT2D eigenvalue weighted by atomic mass is 9.82. The number of rotatable bonds is 3. The maximum Gasteiger partial charge on any atom is 0.310 e. The van der Waals surface area contributed by atoms with E-state index in [0.29, 0.717) is 16.6 Å². The van der Waals surface area contributed by atoms with E-state index in [4.69, 9.17) is 27.9 Å². The SMILES string of the molecule is COC(=O)C1CNCCC1Cc1ccc(Cl)cc1Cl. The molecule has 3 nitrogen and oxygen atoms in total. The van der Waals surface area contributed by atoms with Gasteiger partial charge in [-0.05, 0) is 43.0 Å². The Balaban J connectivity index is 2.13. The van der Waals surface area contributed by atoms with Crippen molar-refractivity contribution < 1.29 is 9.53 Å². The first kappa shape index (κ1) is 14.6. The molecule has 1 saturated heterocycles. The lowest BCUT2D eigenvalue weighted by Crippen LogP contribution is -2.42. The number of nitrogens with one attached hydrogen (secondary N) is 1. The van der Waals surface area contributed by atoms with Gasteiger partial charge < -0.3 is 10.1 Å². The van der Waals surface area contributed by atoms with Gasteiger partial charge in [0.2, 0.25) is 0 Å². The van der Waals surface area contributed by atoms with Crippen LogP contribution in [0.25, 0.3) is 0 Å². The molecule has 0 saturated carbocycles. The second kappa shape index (κ2) is 6.60. The molecule has 2 unspecified atom stereocenters. The smallest absolute Gasteiger partial charge is 0.310 e. The molecule has 0 spiro atoms. The van der Waals surface area contributed by atoms with Gasteiger partial charge in [0.05, 0.1) is 13.0 Å². The van der Waals surface area contributed by atoms with E-state index in [9.17, 15) is 4.79 Å². The first-order valence-electron chi connectivity index (χ1n) is 6.34. The van der Waals surface area contributed by atoms with Crippen LogP contribution in [0.4, 0.5) is 0 Å². The number of methoxy groups -OCH3 is 1. The van der Waals surface area contributed by atoms with Gasteiger partial charge in [-0.25, -0.2) is 0 Å². The van der Waals surface area contributed by atoms with Gasteiger partial charge in [-0.2, -0.15) is 0 Å². The van der Waals surface area contributed by atoms with Gasteiger partial charge in [-0.1, -0.05) is 29.3 Å². The van der Waals surface area contributed by atoms with Crippen LogP contribution in [0, 0.1) is 11.8 Å². The quantitative estimate of drug-likeness (QED) is 0.873. The molecule has 0 radical (unpaired) electrons. The van der Waals surface area contributed by atoms with Crippen molar-refractivity contribution in [3.8, 4) is 0 Å². The average Bonchev–Trinajstić information content (AvgIpc) is 2.41. The normalized spacial score (nSPS) is 23.1. The minimum Gasteiger partial charge on any atom is -0.469 e. The number of benzene rings is 1. The number of hydrogen-bond acceptors (Lipinski definition) is 3. The summed E-state index contributed by atoms with van der Waals surface area (Å²) in [5.74, 6) is 0.000145. The molecule has 0 aromatic heterocycles. The van der Waals surface area contributed by atoms with Crippen molar-refractivity contribution in [2.24, 2.45) is 11.8 Å². The van der Waals surface area contributed by atoms with E-state index < -0.39 is 0 Å². The molecule has 0 amide bonds. The Bertz CT molecular complexity index is 465. The molecule has 2 atom stereocenters. The zero-order valence-corrected chi connectivity index (χ0v) is 12.3. The number of halogens is 2. The molecule has 19 heavy (non-hydrogen) atoms. The molecule has 5 heteroatoms. The highest BCUT2D eigenvalue weighted by Gasteiger charge is 2.31. The van der Waals surface area contributed by atoms with Crippen LogP contribution in [0.2, 0.25) is 10.0 Å². The van der Waals surface area contributed by atoms with Crippen molar-refractivity contribution in [2.75, 3.05) is 20.2 Å². The standard InChI is InChI=1S/C14H17Cl2NO2/c1-19-14(18)12-8-17-5-4-9(12)6-10-2-3-11(15)7-13(10)16/h2-3,7,9,12,17H,4-6,8H2,1H3. The van der Waals surface area contributed by atoms with E-state index in [1.54, 1.807) is 6.07 Å². The third-order valence-corrected chi connectivity index (χ3v) is 4.21. The lowest BCUT2D eigenvalue weighted by molar-refractivity contribution is -0.148. The Morgan fingerprint density at radius 3 is 2.95 bits per heavy atom. The fourth-order valence-corrected chi connectivity index (χ4v) is 3.04. The van der Waals surface area contributed by atoms with Crippen LogP contribution in [0.1, 0.15) is 12.0 Å². The maximum atomic E-state index is 11.8. The predicted molar refractivity (Wildman–Crippen MR) is 76.6 cm³/mol. The van der Waals surface area contributed by atoms with Gasteiger partial charge in [0.1, 0.15) is 0 Å². The maximum absolute atomic E-state index is 11.8. The molecule has 1 fully saturated rings. The molecule has 1 aromatic carbocycles. The minimum absolute atomic E-state index is 0.106. The summed E-state index contributed by atoms with van der Waals surface area (Å²) in [6.07, 6.45) is 1.72. The molecular weight excluding hydrogens is 285 g/mol. The average molecular weight is 302 g/mol. The molecule has 1 aromatic rings. The van der Waals surface area contributed by atoms with Crippen molar-refractivity contribution >= 4 is 29.2 Å². The van der Waals surface area contributed by atoms with E-state index >= 15 is 0 Å². The largest absolute Gasteiger partial charge is 0.469 e. The summed E-state index contributed by atoms with van der Waals surface area (Å²) in [6, 6.07) is 5.50. The Kier molecular flexibility index (Phi) is 5.08. The van der Waals surface area contributed by atoms with Gasteiger partial charge in [0.15, 0.2) is 0 Å². The first-order chi connectivity index (χ1) is 9.11. The molecule has 1 aliphatic heterocycles. The second-order valence-electron chi connectivity index (χ2n) is 4.82. The lowest BCUT2D eigenvalue weighted by Gasteiger charge is -2.30. The van der Waals surface area contributed by atoms with Crippen molar-refractivity contribution in [3.05, 3.63) is 33.8 Å². The Morgan fingerprint density at radius 1 is 1.47 bits per heavy atom. The fraction of sp³-hybridized carbons (Fsp3) is 0.500. The van der Waals surface area contributed by atoms with E-state index in [1.807, 2.05) is 12.1 Å². The number of hydrogen-bond donors (Lipinski definition) is 1. The molecule has 1 heterocycles. The van der Waals surface area contributed by atoms with E-state index in [2.05, 4.69) is 5.32 Å². The summed E-state index contributed by atoms with van der Waals surface area (Å²) in [4.78, 5) is 11.8. The third kappa shape index (κ3) is 3.62. The summed E-state index contributed by atoms with van der Waals surface area (Å²) >= 11 is 12.1. The number of carbonyl (C=O) groups excluding carboxylic acids is 1. The zero-order chi connectivity index (χ0) is 13.8. The highest BCUT2D eigenvalue weighted by molar-refractivity contribution is 6.35. The topological polar surface area (TPSA) is 38.3 Å². The molecule has 0 bridgehead atoms. The predicted octanol–water partition coefficient (Wildman–Crippen LogP) is 2.93. The molecule has 0 aliphatic carbocycles. The number of ether oxygens (including phenoxy) is 1. The van der Waals surface area contributed by atoms with Crippen LogP contribution in [-0.2, 0) is 16.0 Å². The summed E-state index contributed by atoms with van der Waals surface area (Å²) in [7, 11) is 1.43. The Labute approximate surface area is 123 Å². The van der Waals surface area contributed by atoms with Gasteiger partial charge in [0.25, 0.3) is 0 Å². The number of piperidine rings is 1. The van der Waals surface area contributed by atoms with Crippen LogP contribution in [-0.4, -0.2) is 26.2 Å². The Hall–Kier alpha value is -0.770. The van der Waals surface area contributed by atoms with Gasteiger partial charge >= 0.3 is 5.97 Å². The molecule has 2 rings (SSSR count). The number of carbonyl (C=O) groups is 1. The van der Waals surface area contributed by atoms with Gasteiger partial charge in [-0.15, -0.1) is 0 Å². The first-order valence-corrected chi connectivity index (χ1v) is 7.10. The zero-order valence-electron chi connectivity index (χ0n) is 10.8. The highest BCUT2D eigenvalue weighted by Crippen LogP contribution is 2.29. The van der Waals surface area contributed by atoms with E-state index in [0.717, 1.165) is 24.9 Å². The Morgan fingerprint density at radius 2 is 2.26 bits per heavy atom. The monoisotopic (exact) mass is 301 g/mol. The van der Waals surface area contributed by atoms with Crippen molar-refractivity contribution in [1.82, 2.24) is 5.32 Å². The van der Waals surface area contributed by atoms with Crippen molar-refractivity contribution in [2.45, 2.75) is 12.8 Å². The highest BCUT2D eigenvalue weighted by atomic mass is 35.5. The third-order valence-electron chi connectivity index (χ3n) is 3.63. The number of esters is 1. The van der Waals surface area contributed by atoms with E-state index in [-0.39, 0.29) is 17.8 Å². The second-order valence-corrected chi connectivity index (χ2v) is 5.67. The van der Waals surface area contributed by atoms with Crippen LogP contribution >= 0.6 is 23.2 Å². The van der Waals surface area contributed by atoms with Crippen LogP contribution in [0.3, 0.4) is 0 Å². The molecule has 104 valence electrons. The molecule has 1 N–H and O–H groups in total. The van der Waals surface area contributed by atoms with Gasteiger partial charge in [-0.3, -0.25) is 4.79 Å². The fourth-order valence-electron chi connectivity index (χ4n) is 2.55. The summed E-state index contributed by atoms with van der Waals surface area (Å²) in [5.41, 5.74) is 1.03. The molecule has 1 aliphatic rings. The summed E-state index contributed by atoms with van der Waals surface area (Å²) in [5, 5.41) is 4.52. The van der Waals surface area contributed by atoms with Crippen LogP contribution in [0.15, 0.2) is 18.2 Å². The minimum atomic E-state index is -0.151. The van der Waals surface area contributed by atoms with Crippen LogP contribution in [0.5, 0.6) is 0 Å². The molecular formula is C14H17Cl2NO2. The van der Waals surface area contributed by atoms with Crippen molar-refractivity contribution in [1.29, 1.82) is 0 Å². The summed E-state index contributed by atoms with van der Waals surface area (Å²) < 4.78 is 4.87.